The largest absolute Gasteiger partial charge is 0.310 e. The molecule has 1 aromatic heterocycles. The summed E-state index contributed by atoms with van der Waals surface area (Å²) in [5.41, 5.74) is 2.09. The molecule has 0 spiro atoms. The molecule has 20 heavy (non-hydrogen) atoms. The van der Waals surface area contributed by atoms with Crippen molar-refractivity contribution in [3.05, 3.63) is 27.4 Å². The third-order valence-electron chi connectivity index (χ3n) is 6.13. The molecule has 4 bridgehead atoms. The Balaban J connectivity index is 1.81. The first-order valence-electron chi connectivity index (χ1n) is 8.20. The van der Waals surface area contributed by atoms with Crippen molar-refractivity contribution in [1.82, 2.24) is 9.97 Å². The maximum absolute atomic E-state index is 12.2. The first-order chi connectivity index (χ1) is 9.59. The monoisotopic (exact) mass is 272 g/mol. The average molecular weight is 272 g/mol. The Kier molecular flexibility index (Phi) is 2.64. The van der Waals surface area contributed by atoms with Crippen molar-refractivity contribution in [2.75, 3.05) is 0 Å². The van der Waals surface area contributed by atoms with E-state index in [1.807, 2.05) is 6.92 Å². The van der Waals surface area contributed by atoms with Crippen LogP contribution in [0.3, 0.4) is 0 Å². The van der Waals surface area contributed by atoms with E-state index in [9.17, 15) is 4.79 Å². The fourth-order valence-corrected chi connectivity index (χ4v) is 5.58. The van der Waals surface area contributed by atoms with Gasteiger partial charge in [-0.15, -0.1) is 0 Å². The van der Waals surface area contributed by atoms with E-state index in [2.05, 4.69) is 11.9 Å². The summed E-state index contributed by atoms with van der Waals surface area (Å²) in [7, 11) is 0. The van der Waals surface area contributed by atoms with Crippen LogP contribution < -0.4 is 5.56 Å². The van der Waals surface area contributed by atoms with E-state index in [1.165, 1.54) is 38.5 Å². The Bertz CT molecular complexity index is 566. The number of aryl methyl sites for hydroxylation is 1. The van der Waals surface area contributed by atoms with Crippen molar-refractivity contribution in [2.45, 2.75) is 64.2 Å². The molecular weight excluding hydrogens is 248 g/mol. The summed E-state index contributed by atoms with van der Waals surface area (Å²) in [6, 6.07) is 0. The van der Waals surface area contributed by atoms with Gasteiger partial charge in [0.05, 0.1) is 5.69 Å². The molecule has 4 saturated carbocycles. The molecule has 0 radical (unpaired) electrons. The van der Waals surface area contributed by atoms with Gasteiger partial charge in [-0.2, -0.15) is 0 Å². The Morgan fingerprint density at radius 2 is 1.70 bits per heavy atom. The van der Waals surface area contributed by atoms with Gasteiger partial charge in [-0.05, 0) is 69.6 Å². The van der Waals surface area contributed by atoms with Gasteiger partial charge < -0.3 is 4.98 Å². The first-order valence-corrected chi connectivity index (χ1v) is 8.20. The zero-order valence-electron chi connectivity index (χ0n) is 12.5. The highest BCUT2D eigenvalue weighted by Crippen LogP contribution is 2.59. The highest BCUT2D eigenvalue weighted by Gasteiger charge is 2.53. The molecule has 3 heteroatoms. The lowest BCUT2D eigenvalue weighted by molar-refractivity contribution is -0.00961. The summed E-state index contributed by atoms with van der Waals surface area (Å²) in [5, 5.41) is 0. The number of aromatic amines is 1. The summed E-state index contributed by atoms with van der Waals surface area (Å²) in [6.07, 6.45) is 8.91. The minimum Gasteiger partial charge on any atom is -0.310 e. The Labute approximate surface area is 120 Å². The number of nitrogens with one attached hydrogen (secondary N) is 1. The lowest BCUT2D eigenvalue weighted by Crippen LogP contribution is -2.50. The van der Waals surface area contributed by atoms with Crippen molar-refractivity contribution in [1.29, 1.82) is 0 Å². The summed E-state index contributed by atoms with van der Waals surface area (Å²) < 4.78 is 0. The molecule has 0 amide bonds. The molecule has 0 saturated heterocycles. The molecule has 1 aromatic rings. The second-order valence-electron chi connectivity index (χ2n) is 7.54. The van der Waals surface area contributed by atoms with Gasteiger partial charge >= 0.3 is 0 Å². The summed E-state index contributed by atoms with van der Waals surface area (Å²) >= 11 is 0. The normalized spacial score (nSPS) is 38.4. The van der Waals surface area contributed by atoms with Crippen molar-refractivity contribution < 1.29 is 0 Å². The number of hydrogen-bond donors (Lipinski definition) is 1. The molecule has 4 fully saturated rings. The molecule has 4 aliphatic rings. The maximum atomic E-state index is 12.2. The van der Waals surface area contributed by atoms with Crippen molar-refractivity contribution in [3.63, 3.8) is 0 Å². The maximum Gasteiger partial charge on any atom is 0.254 e. The van der Waals surface area contributed by atoms with Crippen LogP contribution in [0.25, 0.3) is 0 Å². The predicted octanol–water partition coefficient (Wildman–Crippen LogP) is 3.11. The lowest BCUT2D eigenvalue weighted by atomic mass is 9.49. The number of hydrogen-bond acceptors (Lipinski definition) is 2. The van der Waals surface area contributed by atoms with E-state index in [0.717, 1.165) is 41.3 Å². The molecule has 4 aliphatic carbocycles. The van der Waals surface area contributed by atoms with Gasteiger partial charge in [-0.1, -0.05) is 6.92 Å². The topological polar surface area (TPSA) is 45.8 Å². The zero-order chi connectivity index (χ0) is 13.9. The van der Waals surface area contributed by atoms with E-state index in [4.69, 9.17) is 4.98 Å². The van der Waals surface area contributed by atoms with Crippen LogP contribution >= 0.6 is 0 Å². The van der Waals surface area contributed by atoms with Gasteiger partial charge in [-0.3, -0.25) is 4.79 Å². The van der Waals surface area contributed by atoms with Crippen molar-refractivity contribution in [3.8, 4) is 0 Å². The molecular formula is C17H24N2O. The minimum absolute atomic E-state index is 0.0857. The number of rotatable bonds is 2. The summed E-state index contributed by atoms with van der Waals surface area (Å²) in [6.45, 7) is 3.99. The van der Waals surface area contributed by atoms with Crippen molar-refractivity contribution in [2.24, 2.45) is 17.8 Å². The molecule has 0 aliphatic heterocycles. The highest BCUT2D eigenvalue weighted by molar-refractivity contribution is 5.23. The molecule has 3 nitrogen and oxygen atoms in total. The van der Waals surface area contributed by atoms with E-state index >= 15 is 0 Å². The van der Waals surface area contributed by atoms with Crippen LogP contribution in [0.5, 0.6) is 0 Å². The van der Waals surface area contributed by atoms with Crippen LogP contribution in [-0.4, -0.2) is 9.97 Å². The van der Waals surface area contributed by atoms with Gasteiger partial charge in [0.1, 0.15) is 5.82 Å². The van der Waals surface area contributed by atoms with E-state index in [1.54, 1.807) is 0 Å². The SMILES string of the molecule is CCc1nc(C23CC4CC(CC(C4)C2)C3)[nH]c(=O)c1C. The van der Waals surface area contributed by atoms with Gasteiger partial charge in [0.2, 0.25) is 0 Å². The highest BCUT2D eigenvalue weighted by atomic mass is 16.1. The molecule has 5 rings (SSSR count). The Hall–Kier alpha value is -1.12. The van der Waals surface area contributed by atoms with E-state index < -0.39 is 0 Å². The van der Waals surface area contributed by atoms with Gasteiger partial charge in [0, 0.05) is 11.0 Å². The van der Waals surface area contributed by atoms with Crippen LogP contribution in [0, 0.1) is 24.7 Å². The predicted molar refractivity (Wildman–Crippen MR) is 78.8 cm³/mol. The van der Waals surface area contributed by atoms with Crippen LogP contribution in [0.4, 0.5) is 0 Å². The molecule has 1 N–H and O–H groups in total. The van der Waals surface area contributed by atoms with Gasteiger partial charge in [0.15, 0.2) is 0 Å². The number of nitrogens with zero attached hydrogens (tertiary/aromatic N) is 1. The summed E-state index contributed by atoms with van der Waals surface area (Å²) in [4.78, 5) is 20.2. The fraction of sp³-hybridized carbons (Fsp3) is 0.765. The zero-order valence-corrected chi connectivity index (χ0v) is 12.5. The van der Waals surface area contributed by atoms with Crippen LogP contribution in [0.15, 0.2) is 4.79 Å². The minimum atomic E-state index is 0.0857. The van der Waals surface area contributed by atoms with Gasteiger partial charge in [0.25, 0.3) is 5.56 Å². The third kappa shape index (κ3) is 1.71. The van der Waals surface area contributed by atoms with E-state index in [-0.39, 0.29) is 11.0 Å². The molecule has 0 atom stereocenters. The molecule has 0 unspecified atom stereocenters. The Morgan fingerprint density at radius 1 is 1.15 bits per heavy atom. The average Bonchev–Trinajstić information content (AvgIpc) is 2.40. The quantitative estimate of drug-likeness (QED) is 0.899. The van der Waals surface area contributed by atoms with Crippen LogP contribution in [-0.2, 0) is 11.8 Å². The smallest absolute Gasteiger partial charge is 0.254 e. The second-order valence-corrected chi connectivity index (χ2v) is 7.54. The second kappa shape index (κ2) is 4.19. The first kappa shape index (κ1) is 12.6. The van der Waals surface area contributed by atoms with Crippen LogP contribution in [0.2, 0.25) is 0 Å². The summed E-state index contributed by atoms with van der Waals surface area (Å²) in [5.74, 6) is 3.68. The molecule has 108 valence electrons. The fourth-order valence-electron chi connectivity index (χ4n) is 5.58. The number of H-pyrrole nitrogens is 1. The number of aromatic nitrogens is 2. The van der Waals surface area contributed by atoms with Crippen molar-refractivity contribution >= 4 is 0 Å². The van der Waals surface area contributed by atoms with Gasteiger partial charge in [-0.25, -0.2) is 4.98 Å². The molecule has 0 aromatic carbocycles. The standard InChI is InChI=1S/C17H24N2O/c1-3-14-10(2)15(20)19-16(18-14)17-7-11-4-12(8-17)6-13(5-11)9-17/h11-13H,3-9H2,1-2H3,(H,18,19,20). The third-order valence-corrected chi connectivity index (χ3v) is 6.13. The lowest BCUT2D eigenvalue weighted by Gasteiger charge is -2.56. The Morgan fingerprint density at radius 3 is 2.20 bits per heavy atom. The molecule has 1 heterocycles. The van der Waals surface area contributed by atoms with Crippen LogP contribution in [0.1, 0.15) is 62.5 Å². The van der Waals surface area contributed by atoms with E-state index in [0.29, 0.717) is 0 Å².